The molecule has 4 unspecified atom stereocenters. The first-order valence-electron chi connectivity index (χ1n) is 18.5. The zero-order chi connectivity index (χ0) is 31.8. The number of aliphatic carboxylic acids is 1. The summed E-state index contributed by atoms with van der Waals surface area (Å²) in [5.41, 5.74) is -0.410. The van der Waals surface area contributed by atoms with Crippen LogP contribution in [0.25, 0.3) is 0 Å². The van der Waals surface area contributed by atoms with Gasteiger partial charge in [-0.15, -0.1) is 0 Å². The molecule has 4 atom stereocenters. The van der Waals surface area contributed by atoms with E-state index in [1.165, 1.54) is 77.0 Å². The van der Waals surface area contributed by atoms with Gasteiger partial charge in [0.2, 0.25) is 0 Å². The summed E-state index contributed by atoms with van der Waals surface area (Å²) in [4.78, 5) is 25.0. The summed E-state index contributed by atoms with van der Waals surface area (Å²) in [6, 6.07) is 0. The molecule has 0 saturated carbocycles. The third-order valence-electron chi connectivity index (χ3n) is 10.2. The first kappa shape index (κ1) is 40.9. The van der Waals surface area contributed by atoms with Gasteiger partial charge in [-0.1, -0.05) is 158 Å². The van der Waals surface area contributed by atoms with Crippen LogP contribution in [0.2, 0.25) is 0 Å². The standard InChI is InChI=1S/C38H74O4/c1-9-13-25-33(11-3)29-38(32(7)8,37(41)42-30-34(12-4)26-14-10-2)35(31(5)6)27-23-21-19-17-15-16-18-20-22-24-28-36(39)40/h31-35H,9-30H2,1-8H3,(H,39,40). The number of carboxylic acid groups (broad SMARTS) is 1. The second-order valence-electron chi connectivity index (χ2n) is 14.1. The molecule has 0 spiro atoms. The first-order valence-corrected chi connectivity index (χ1v) is 18.5. The van der Waals surface area contributed by atoms with Crippen molar-refractivity contribution in [2.75, 3.05) is 6.61 Å². The molecule has 0 aliphatic rings. The number of hydrogen-bond acceptors (Lipinski definition) is 3. The van der Waals surface area contributed by atoms with Gasteiger partial charge in [0.1, 0.15) is 0 Å². The van der Waals surface area contributed by atoms with E-state index in [9.17, 15) is 9.59 Å². The summed E-state index contributed by atoms with van der Waals surface area (Å²) in [5, 5.41) is 8.76. The fourth-order valence-electron chi connectivity index (χ4n) is 7.17. The highest BCUT2D eigenvalue weighted by molar-refractivity contribution is 5.77. The lowest BCUT2D eigenvalue weighted by Crippen LogP contribution is -2.48. The van der Waals surface area contributed by atoms with Crippen molar-refractivity contribution in [1.29, 1.82) is 0 Å². The molecule has 250 valence electrons. The second kappa shape index (κ2) is 25.3. The van der Waals surface area contributed by atoms with Crippen LogP contribution >= 0.6 is 0 Å². The van der Waals surface area contributed by atoms with Crippen molar-refractivity contribution >= 4 is 11.9 Å². The van der Waals surface area contributed by atoms with Gasteiger partial charge in [0, 0.05) is 6.42 Å². The number of unbranched alkanes of at least 4 members (excludes halogenated alkanes) is 11. The Morgan fingerprint density at radius 2 is 1.12 bits per heavy atom. The monoisotopic (exact) mass is 595 g/mol. The summed E-state index contributed by atoms with van der Waals surface area (Å²) in [5.74, 6) is 1.54. The summed E-state index contributed by atoms with van der Waals surface area (Å²) in [6.07, 6.45) is 23.6. The molecule has 42 heavy (non-hydrogen) atoms. The number of esters is 1. The topological polar surface area (TPSA) is 63.6 Å². The fourth-order valence-corrected chi connectivity index (χ4v) is 7.17. The van der Waals surface area contributed by atoms with Crippen LogP contribution in [-0.4, -0.2) is 23.7 Å². The van der Waals surface area contributed by atoms with Gasteiger partial charge in [-0.3, -0.25) is 9.59 Å². The zero-order valence-electron chi connectivity index (χ0n) is 29.6. The maximum Gasteiger partial charge on any atom is 0.312 e. The van der Waals surface area contributed by atoms with Crippen molar-refractivity contribution in [2.45, 2.75) is 190 Å². The smallest absolute Gasteiger partial charge is 0.312 e. The number of ether oxygens (including phenoxy) is 1. The van der Waals surface area contributed by atoms with Crippen LogP contribution in [0.5, 0.6) is 0 Å². The van der Waals surface area contributed by atoms with E-state index in [1.807, 2.05) is 0 Å². The second-order valence-corrected chi connectivity index (χ2v) is 14.1. The predicted molar refractivity (Wildman–Crippen MR) is 181 cm³/mol. The molecule has 0 aliphatic carbocycles. The minimum absolute atomic E-state index is 0.101. The van der Waals surface area contributed by atoms with E-state index in [1.54, 1.807) is 0 Å². The highest BCUT2D eigenvalue weighted by Crippen LogP contribution is 2.49. The molecule has 0 aliphatic heterocycles. The quantitative estimate of drug-likeness (QED) is 0.0691. The molecule has 0 fully saturated rings. The maximum atomic E-state index is 14.4. The van der Waals surface area contributed by atoms with Gasteiger partial charge in [0.15, 0.2) is 0 Å². The largest absolute Gasteiger partial charge is 0.481 e. The van der Waals surface area contributed by atoms with E-state index in [4.69, 9.17) is 9.84 Å². The van der Waals surface area contributed by atoms with Crippen molar-refractivity contribution in [1.82, 2.24) is 0 Å². The van der Waals surface area contributed by atoms with Crippen molar-refractivity contribution in [3.8, 4) is 0 Å². The maximum absolute atomic E-state index is 14.4. The van der Waals surface area contributed by atoms with Crippen LogP contribution in [0, 0.1) is 35.0 Å². The Kier molecular flexibility index (Phi) is 24.6. The Bertz CT molecular complexity index is 657. The van der Waals surface area contributed by atoms with E-state index in [0.717, 1.165) is 51.4 Å². The third kappa shape index (κ3) is 16.7. The van der Waals surface area contributed by atoms with Crippen LogP contribution in [0.15, 0.2) is 0 Å². The van der Waals surface area contributed by atoms with Crippen LogP contribution < -0.4 is 0 Å². The normalized spacial score (nSPS) is 15.5. The fraction of sp³-hybridized carbons (Fsp3) is 0.947. The number of carbonyl (C=O) groups excluding carboxylic acids is 1. The van der Waals surface area contributed by atoms with Crippen LogP contribution in [-0.2, 0) is 14.3 Å². The van der Waals surface area contributed by atoms with Crippen molar-refractivity contribution in [3.63, 3.8) is 0 Å². The molecule has 4 heteroatoms. The molecule has 0 amide bonds. The van der Waals surface area contributed by atoms with Crippen molar-refractivity contribution in [2.24, 2.45) is 35.0 Å². The van der Waals surface area contributed by atoms with Crippen molar-refractivity contribution in [3.05, 3.63) is 0 Å². The van der Waals surface area contributed by atoms with Gasteiger partial charge in [-0.05, 0) is 55.3 Å². The molecular weight excluding hydrogens is 520 g/mol. The molecule has 4 nitrogen and oxygen atoms in total. The Hall–Kier alpha value is -1.06. The molecule has 0 saturated heterocycles. The molecule has 0 heterocycles. The number of rotatable bonds is 29. The Morgan fingerprint density at radius 3 is 1.55 bits per heavy atom. The summed E-state index contributed by atoms with van der Waals surface area (Å²) in [7, 11) is 0. The Labute approximate surface area is 262 Å². The summed E-state index contributed by atoms with van der Waals surface area (Å²) in [6.45, 7) is 18.9. The zero-order valence-corrected chi connectivity index (χ0v) is 29.6. The van der Waals surface area contributed by atoms with Gasteiger partial charge >= 0.3 is 11.9 Å². The lowest BCUT2D eigenvalue weighted by molar-refractivity contribution is -0.170. The number of carboxylic acids is 1. The number of carbonyl (C=O) groups is 2. The van der Waals surface area contributed by atoms with E-state index in [-0.39, 0.29) is 11.9 Å². The molecule has 0 bridgehead atoms. The minimum Gasteiger partial charge on any atom is -0.481 e. The van der Waals surface area contributed by atoms with Crippen LogP contribution in [0.1, 0.15) is 190 Å². The summed E-state index contributed by atoms with van der Waals surface area (Å²) < 4.78 is 6.35. The van der Waals surface area contributed by atoms with Gasteiger partial charge < -0.3 is 9.84 Å². The van der Waals surface area contributed by atoms with E-state index < -0.39 is 11.4 Å². The molecule has 1 N–H and O–H groups in total. The average molecular weight is 595 g/mol. The highest BCUT2D eigenvalue weighted by Gasteiger charge is 2.51. The molecule has 0 aromatic carbocycles. The van der Waals surface area contributed by atoms with E-state index in [2.05, 4.69) is 55.4 Å². The molecule has 0 rings (SSSR count). The van der Waals surface area contributed by atoms with Gasteiger partial charge in [-0.2, -0.15) is 0 Å². The first-order chi connectivity index (χ1) is 20.1. The minimum atomic E-state index is -0.675. The predicted octanol–water partition coefficient (Wildman–Crippen LogP) is 12.0. The van der Waals surface area contributed by atoms with Gasteiger partial charge in [-0.25, -0.2) is 0 Å². The third-order valence-corrected chi connectivity index (χ3v) is 10.2. The van der Waals surface area contributed by atoms with Gasteiger partial charge in [0.25, 0.3) is 0 Å². The molecular formula is C38H74O4. The highest BCUT2D eigenvalue weighted by atomic mass is 16.5. The lowest BCUT2D eigenvalue weighted by atomic mass is 9.58. The number of hydrogen-bond donors (Lipinski definition) is 1. The van der Waals surface area contributed by atoms with Crippen LogP contribution in [0.4, 0.5) is 0 Å². The molecule has 0 aromatic heterocycles. The summed E-state index contributed by atoms with van der Waals surface area (Å²) >= 11 is 0. The van der Waals surface area contributed by atoms with E-state index in [0.29, 0.717) is 36.7 Å². The Morgan fingerprint density at radius 1 is 0.643 bits per heavy atom. The average Bonchev–Trinajstić information content (AvgIpc) is 2.95. The molecule has 0 aromatic rings. The SMILES string of the molecule is CCCCC(CC)COC(=O)C(CC(CC)CCCC)(C(C)C)C(CCCCCCCCCCCCC(=O)O)C(C)C. The molecule has 0 radical (unpaired) electrons. The van der Waals surface area contributed by atoms with Crippen molar-refractivity contribution < 1.29 is 19.4 Å². The Balaban J connectivity index is 5.34. The van der Waals surface area contributed by atoms with Crippen LogP contribution in [0.3, 0.4) is 0 Å². The van der Waals surface area contributed by atoms with Gasteiger partial charge in [0.05, 0.1) is 12.0 Å². The lowest BCUT2D eigenvalue weighted by Gasteiger charge is -2.46. The van der Waals surface area contributed by atoms with E-state index >= 15 is 0 Å².